The molecule has 1 unspecified atom stereocenters. The van der Waals surface area contributed by atoms with E-state index in [1.807, 2.05) is 24.3 Å². The number of rotatable bonds is 1. The molecule has 0 saturated carbocycles. The standard InChI is InChI=1S/C18H11F5N3O.BF4/c19-12-13(20)15(22)18(16(23)14(12)21)26-7-25-11(24-26)6-27-10-5-8-3-1-2-4-9(8)17(10)25;2-1(3,4)5/h1-4,7,10,17H,5-6H2;/q+1;-1/t10-,17?;/m0./s1. The minimum absolute atomic E-state index is 0.0670. The summed E-state index contributed by atoms with van der Waals surface area (Å²) in [7, 11) is -6.00. The third-order valence-corrected chi connectivity index (χ3v) is 5.04. The second-order valence-corrected chi connectivity index (χ2v) is 6.99. The Kier molecular flexibility index (Phi) is 5.43. The van der Waals surface area contributed by atoms with E-state index in [0.29, 0.717) is 16.9 Å². The summed E-state index contributed by atoms with van der Waals surface area (Å²) in [5, 5.41) is 4.01. The molecule has 2 heterocycles. The molecule has 5 rings (SSSR count). The summed E-state index contributed by atoms with van der Waals surface area (Å²) in [6.07, 6.45) is 1.73. The van der Waals surface area contributed by atoms with Crippen LogP contribution in [0.2, 0.25) is 0 Å². The Morgan fingerprint density at radius 2 is 1.47 bits per heavy atom. The van der Waals surface area contributed by atoms with Crippen LogP contribution in [-0.4, -0.2) is 23.0 Å². The molecule has 4 nitrogen and oxygen atoms in total. The van der Waals surface area contributed by atoms with Gasteiger partial charge in [-0.3, -0.25) is 0 Å². The largest absolute Gasteiger partial charge is 0.673 e. The van der Waals surface area contributed by atoms with Crippen LogP contribution in [0.1, 0.15) is 23.0 Å². The number of benzene rings is 2. The molecule has 1 aromatic heterocycles. The first kappa shape index (κ1) is 22.2. The molecule has 32 heavy (non-hydrogen) atoms. The van der Waals surface area contributed by atoms with Gasteiger partial charge in [-0.15, -0.1) is 0 Å². The van der Waals surface area contributed by atoms with E-state index in [0.717, 1.165) is 11.1 Å². The topological polar surface area (TPSA) is 30.9 Å². The number of halogens is 9. The maximum Gasteiger partial charge on any atom is 0.673 e. The second-order valence-electron chi connectivity index (χ2n) is 6.99. The SMILES string of the molecule is F[B-](F)(F)F.Fc1c(F)c(F)c(-[n+]2cn3c(n2)CO[C@H]2Cc4ccccc4C23)c(F)c1F. The molecule has 0 radical (unpaired) electrons. The van der Waals surface area contributed by atoms with Crippen molar-refractivity contribution in [1.29, 1.82) is 0 Å². The van der Waals surface area contributed by atoms with Crippen molar-refractivity contribution in [1.82, 2.24) is 9.67 Å². The van der Waals surface area contributed by atoms with Crippen LogP contribution in [0.15, 0.2) is 30.6 Å². The summed E-state index contributed by atoms with van der Waals surface area (Å²) in [4.78, 5) is 0. The smallest absolute Gasteiger partial charge is 0.418 e. The predicted octanol–water partition coefficient (Wildman–Crippen LogP) is 4.20. The lowest BCUT2D eigenvalue weighted by molar-refractivity contribution is -0.661. The molecule has 0 amide bonds. The summed E-state index contributed by atoms with van der Waals surface area (Å²) in [6, 6.07) is 7.37. The maximum atomic E-state index is 14.1. The Hall–Kier alpha value is -3.03. The lowest BCUT2D eigenvalue weighted by Crippen LogP contribution is -2.36. The Bertz CT molecular complexity index is 1160. The van der Waals surface area contributed by atoms with Gasteiger partial charge in [0.15, 0.2) is 6.04 Å². The molecular weight excluding hydrogens is 456 g/mol. The van der Waals surface area contributed by atoms with Gasteiger partial charge in [0.05, 0.1) is 0 Å². The zero-order valence-corrected chi connectivity index (χ0v) is 15.7. The summed E-state index contributed by atoms with van der Waals surface area (Å²) in [5.74, 6) is -9.76. The zero-order chi connectivity index (χ0) is 23.4. The quantitative estimate of drug-likeness (QED) is 0.177. The molecule has 14 heteroatoms. The highest BCUT2D eigenvalue weighted by atomic mass is 19.5. The molecule has 1 aliphatic heterocycles. The highest BCUT2D eigenvalue weighted by molar-refractivity contribution is 6.50. The van der Waals surface area contributed by atoms with Crippen LogP contribution >= 0.6 is 0 Å². The third-order valence-electron chi connectivity index (χ3n) is 5.04. The van der Waals surface area contributed by atoms with Crippen molar-refractivity contribution in [2.24, 2.45) is 0 Å². The molecule has 3 aromatic rings. The Morgan fingerprint density at radius 1 is 0.906 bits per heavy atom. The molecule has 0 saturated heterocycles. The van der Waals surface area contributed by atoms with Crippen LogP contribution in [0.4, 0.5) is 39.2 Å². The molecular formula is C18H11BF9N3O. The van der Waals surface area contributed by atoms with Crippen molar-refractivity contribution in [2.75, 3.05) is 0 Å². The van der Waals surface area contributed by atoms with E-state index in [1.165, 1.54) is 6.33 Å². The van der Waals surface area contributed by atoms with Crippen molar-refractivity contribution in [3.8, 4) is 5.69 Å². The van der Waals surface area contributed by atoms with Gasteiger partial charge < -0.3 is 22.0 Å². The Balaban J connectivity index is 0.000000444. The number of hydrogen-bond acceptors (Lipinski definition) is 2. The maximum absolute atomic E-state index is 14.1. The Morgan fingerprint density at radius 3 is 2.09 bits per heavy atom. The van der Waals surface area contributed by atoms with E-state index in [2.05, 4.69) is 5.10 Å². The summed E-state index contributed by atoms with van der Waals surface area (Å²) in [6.45, 7) is 0.0670. The summed E-state index contributed by atoms with van der Waals surface area (Å²) in [5.41, 5.74) is 0.943. The van der Waals surface area contributed by atoms with Gasteiger partial charge in [-0.05, 0) is 10.7 Å². The van der Waals surface area contributed by atoms with E-state index >= 15 is 0 Å². The molecule has 0 N–H and O–H groups in total. The van der Waals surface area contributed by atoms with Crippen LogP contribution < -0.4 is 4.68 Å². The van der Waals surface area contributed by atoms with Gasteiger partial charge in [0.25, 0.3) is 12.2 Å². The first-order valence-corrected chi connectivity index (χ1v) is 9.05. The van der Waals surface area contributed by atoms with Crippen molar-refractivity contribution in [3.63, 3.8) is 0 Å². The molecule has 2 aromatic carbocycles. The summed E-state index contributed by atoms with van der Waals surface area (Å²) < 4.78 is 116. The normalized spacial score (nSPS) is 19.0. The van der Waals surface area contributed by atoms with Gasteiger partial charge in [-0.1, -0.05) is 28.9 Å². The highest BCUT2D eigenvalue weighted by Crippen LogP contribution is 2.39. The third kappa shape index (κ3) is 3.83. The number of ether oxygens (including phenoxy) is 1. The van der Waals surface area contributed by atoms with Gasteiger partial charge in [0.1, 0.15) is 12.7 Å². The minimum Gasteiger partial charge on any atom is -0.418 e. The van der Waals surface area contributed by atoms with E-state index in [1.54, 1.807) is 4.57 Å². The van der Waals surface area contributed by atoms with E-state index in [-0.39, 0.29) is 18.8 Å². The monoisotopic (exact) mass is 467 g/mol. The Labute approximate surface area is 173 Å². The van der Waals surface area contributed by atoms with Gasteiger partial charge in [-0.25, -0.2) is 17.7 Å². The number of hydrogen-bond donors (Lipinski definition) is 0. The fourth-order valence-electron chi connectivity index (χ4n) is 3.82. The van der Waals surface area contributed by atoms with Crippen molar-refractivity contribution in [2.45, 2.75) is 25.2 Å². The zero-order valence-electron chi connectivity index (χ0n) is 15.7. The molecule has 0 spiro atoms. The van der Waals surface area contributed by atoms with Gasteiger partial charge in [0, 0.05) is 12.0 Å². The molecule has 1 aliphatic carbocycles. The molecule has 0 bridgehead atoms. The van der Waals surface area contributed by atoms with Crippen molar-refractivity contribution in [3.05, 3.63) is 76.6 Å². The van der Waals surface area contributed by atoms with Gasteiger partial charge in [-0.2, -0.15) is 8.78 Å². The number of fused-ring (bicyclic) bond motifs is 5. The highest BCUT2D eigenvalue weighted by Gasteiger charge is 2.44. The fraction of sp³-hybridized carbons (Fsp3) is 0.222. The molecule has 2 aliphatic rings. The lowest BCUT2D eigenvalue weighted by atomic mass is 10.1. The molecule has 170 valence electrons. The molecule has 0 fully saturated rings. The van der Waals surface area contributed by atoms with Crippen LogP contribution in [0.5, 0.6) is 0 Å². The second kappa shape index (κ2) is 7.83. The molecule has 2 atom stereocenters. The van der Waals surface area contributed by atoms with E-state index in [9.17, 15) is 39.2 Å². The number of nitrogens with zero attached hydrogens (tertiary/aromatic N) is 3. The lowest BCUT2D eigenvalue weighted by Gasteiger charge is -2.22. The fourth-order valence-corrected chi connectivity index (χ4v) is 3.82. The van der Waals surface area contributed by atoms with E-state index in [4.69, 9.17) is 4.74 Å². The van der Waals surface area contributed by atoms with Crippen LogP contribution in [0.25, 0.3) is 5.69 Å². The van der Waals surface area contributed by atoms with Crippen LogP contribution in [0, 0.1) is 29.1 Å². The first-order chi connectivity index (χ1) is 15.0. The van der Waals surface area contributed by atoms with Gasteiger partial charge in [0.2, 0.25) is 34.8 Å². The minimum atomic E-state index is -6.00. The number of aromatic nitrogens is 3. The van der Waals surface area contributed by atoms with Crippen molar-refractivity contribution >= 4 is 7.25 Å². The average molecular weight is 467 g/mol. The predicted molar refractivity (Wildman–Crippen MR) is 90.6 cm³/mol. The summed E-state index contributed by atoms with van der Waals surface area (Å²) >= 11 is 0. The van der Waals surface area contributed by atoms with E-state index < -0.39 is 42.0 Å². The van der Waals surface area contributed by atoms with Crippen LogP contribution in [0.3, 0.4) is 0 Å². The first-order valence-electron chi connectivity index (χ1n) is 9.05. The van der Waals surface area contributed by atoms with Crippen LogP contribution in [-0.2, 0) is 17.8 Å². The van der Waals surface area contributed by atoms with Crippen molar-refractivity contribution < 1.29 is 48.6 Å². The average Bonchev–Trinajstić information content (AvgIpc) is 3.30. The van der Waals surface area contributed by atoms with Gasteiger partial charge >= 0.3 is 7.25 Å².